The molecule has 0 aromatic carbocycles. The van der Waals surface area contributed by atoms with Gasteiger partial charge in [0.15, 0.2) is 0 Å². The van der Waals surface area contributed by atoms with Gasteiger partial charge < -0.3 is 5.73 Å². The summed E-state index contributed by atoms with van der Waals surface area (Å²) in [5.41, 5.74) is 4.91. The molecule has 0 atom stereocenters. The topological polar surface area (TPSA) is 26.0 Å². The molecule has 0 aliphatic heterocycles. The lowest BCUT2D eigenvalue weighted by atomic mass is 10.2. The van der Waals surface area contributed by atoms with Crippen LogP contribution in [0.4, 0.5) is 0 Å². The summed E-state index contributed by atoms with van der Waals surface area (Å²) in [4.78, 5) is 0. The minimum Gasteiger partial charge on any atom is -0.327 e. The highest BCUT2D eigenvalue weighted by Gasteiger charge is 1.80. The van der Waals surface area contributed by atoms with Gasteiger partial charge in [-0.15, -0.1) is 6.58 Å². The first-order valence-corrected chi connectivity index (χ1v) is 4.64. The molecule has 0 unspecified atom stereocenters. The van der Waals surface area contributed by atoms with E-state index in [1.54, 1.807) is 6.08 Å². The number of nitrogens with two attached hydrogens (primary N) is 1. The summed E-state index contributed by atoms with van der Waals surface area (Å²) in [5.74, 6) is 0. The van der Waals surface area contributed by atoms with Gasteiger partial charge in [0.2, 0.25) is 0 Å². The molecular formula is C10H23N. The Bertz CT molecular complexity index is 55.9. The van der Waals surface area contributed by atoms with Gasteiger partial charge in [-0.25, -0.2) is 0 Å². The normalized spacial score (nSPS) is 8.27. The van der Waals surface area contributed by atoms with Crippen LogP contribution in [0.1, 0.15) is 46.0 Å². The van der Waals surface area contributed by atoms with E-state index < -0.39 is 0 Å². The lowest BCUT2D eigenvalue weighted by molar-refractivity contribution is 0.656. The Morgan fingerprint density at radius 2 is 1.45 bits per heavy atom. The summed E-state index contributed by atoms with van der Waals surface area (Å²) in [5, 5.41) is 0. The molecule has 0 fully saturated rings. The highest BCUT2D eigenvalue weighted by atomic mass is 14.5. The standard InChI is InChI=1S/C7H16.C3H7N/c1-3-5-7-6-4-2;1-2-3-4/h3-7H2,1-2H3;2H,1,3-4H2. The third-order valence-electron chi connectivity index (χ3n) is 1.37. The van der Waals surface area contributed by atoms with Crippen molar-refractivity contribution in [2.45, 2.75) is 46.0 Å². The second-order valence-electron chi connectivity index (χ2n) is 2.59. The first kappa shape index (κ1) is 13.3. The van der Waals surface area contributed by atoms with Crippen molar-refractivity contribution in [1.82, 2.24) is 0 Å². The molecule has 0 bridgehead atoms. The number of unbranched alkanes of at least 4 members (excludes halogenated alkanes) is 4. The molecule has 0 aliphatic rings. The SMILES string of the molecule is C=CCN.CCCCCCC. The van der Waals surface area contributed by atoms with Gasteiger partial charge in [0.1, 0.15) is 0 Å². The van der Waals surface area contributed by atoms with Gasteiger partial charge in [-0.1, -0.05) is 52.0 Å². The van der Waals surface area contributed by atoms with Crippen molar-refractivity contribution in [2.75, 3.05) is 6.54 Å². The zero-order chi connectivity index (χ0) is 8.95. The van der Waals surface area contributed by atoms with Crippen LogP contribution in [0.3, 0.4) is 0 Å². The summed E-state index contributed by atoms with van der Waals surface area (Å²) in [6.45, 7) is 8.43. The zero-order valence-electron chi connectivity index (χ0n) is 8.10. The van der Waals surface area contributed by atoms with Crippen molar-refractivity contribution >= 4 is 0 Å². The fourth-order valence-corrected chi connectivity index (χ4v) is 0.677. The van der Waals surface area contributed by atoms with Crippen LogP contribution in [-0.4, -0.2) is 6.54 Å². The van der Waals surface area contributed by atoms with Crippen molar-refractivity contribution in [3.05, 3.63) is 12.7 Å². The summed E-state index contributed by atoms with van der Waals surface area (Å²) < 4.78 is 0. The predicted octanol–water partition coefficient (Wildman–Crippen LogP) is 3.11. The molecule has 0 saturated carbocycles. The predicted molar refractivity (Wildman–Crippen MR) is 53.7 cm³/mol. The maximum Gasteiger partial charge on any atom is 0.0104 e. The van der Waals surface area contributed by atoms with E-state index in [0.29, 0.717) is 6.54 Å². The summed E-state index contributed by atoms with van der Waals surface area (Å²) >= 11 is 0. The molecule has 0 spiro atoms. The van der Waals surface area contributed by atoms with Gasteiger partial charge in [0.05, 0.1) is 0 Å². The van der Waals surface area contributed by atoms with E-state index in [1.807, 2.05) is 0 Å². The first-order valence-electron chi connectivity index (χ1n) is 4.64. The van der Waals surface area contributed by atoms with Gasteiger partial charge in [-0.05, 0) is 0 Å². The van der Waals surface area contributed by atoms with Crippen LogP contribution < -0.4 is 5.73 Å². The fourth-order valence-electron chi connectivity index (χ4n) is 0.677. The molecular weight excluding hydrogens is 134 g/mol. The van der Waals surface area contributed by atoms with E-state index in [-0.39, 0.29) is 0 Å². The van der Waals surface area contributed by atoms with Gasteiger partial charge in [0, 0.05) is 6.54 Å². The summed E-state index contributed by atoms with van der Waals surface area (Å²) in [6, 6.07) is 0. The van der Waals surface area contributed by atoms with Gasteiger partial charge in [-0.2, -0.15) is 0 Å². The zero-order valence-corrected chi connectivity index (χ0v) is 8.10. The van der Waals surface area contributed by atoms with Crippen LogP contribution in [0.15, 0.2) is 12.7 Å². The van der Waals surface area contributed by atoms with Crippen LogP contribution in [0.25, 0.3) is 0 Å². The average Bonchev–Trinajstić information content (AvgIpc) is 2.06. The molecule has 2 N–H and O–H groups in total. The van der Waals surface area contributed by atoms with E-state index in [4.69, 9.17) is 5.73 Å². The Labute approximate surface area is 71.7 Å². The monoisotopic (exact) mass is 157 g/mol. The van der Waals surface area contributed by atoms with Crippen molar-refractivity contribution in [3.63, 3.8) is 0 Å². The smallest absolute Gasteiger partial charge is 0.0104 e. The molecule has 0 aromatic rings. The minimum absolute atomic E-state index is 0.583. The third kappa shape index (κ3) is 26.0. The molecule has 68 valence electrons. The third-order valence-corrected chi connectivity index (χ3v) is 1.37. The van der Waals surface area contributed by atoms with Gasteiger partial charge >= 0.3 is 0 Å². The molecule has 1 heteroatoms. The summed E-state index contributed by atoms with van der Waals surface area (Å²) in [6.07, 6.45) is 8.66. The van der Waals surface area contributed by atoms with Crippen LogP contribution in [0.5, 0.6) is 0 Å². The molecule has 0 aromatic heterocycles. The second-order valence-corrected chi connectivity index (χ2v) is 2.59. The number of rotatable bonds is 5. The maximum atomic E-state index is 4.91. The van der Waals surface area contributed by atoms with E-state index >= 15 is 0 Å². The Morgan fingerprint density at radius 3 is 1.64 bits per heavy atom. The van der Waals surface area contributed by atoms with Crippen LogP contribution >= 0.6 is 0 Å². The maximum absolute atomic E-state index is 4.91. The highest BCUT2D eigenvalue weighted by Crippen LogP contribution is 2.00. The Morgan fingerprint density at radius 1 is 1.09 bits per heavy atom. The Hall–Kier alpha value is -0.300. The fraction of sp³-hybridized carbons (Fsp3) is 0.800. The molecule has 11 heavy (non-hydrogen) atoms. The first-order chi connectivity index (χ1) is 5.33. The number of hydrogen-bond acceptors (Lipinski definition) is 1. The molecule has 0 saturated heterocycles. The quantitative estimate of drug-likeness (QED) is 0.481. The minimum atomic E-state index is 0.583. The van der Waals surface area contributed by atoms with Crippen molar-refractivity contribution in [2.24, 2.45) is 5.73 Å². The van der Waals surface area contributed by atoms with Crippen molar-refractivity contribution < 1.29 is 0 Å². The van der Waals surface area contributed by atoms with E-state index in [9.17, 15) is 0 Å². The van der Waals surface area contributed by atoms with Gasteiger partial charge in [-0.3, -0.25) is 0 Å². The molecule has 0 radical (unpaired) electrons. The Kier molecular flexibility index (Phi) is 19.8. The van der Waals surface area contributed by atoms with Crippen molar-refractivity contribution in [1.29, 1.82) is 0 Å². The van der Waals surface area contributed by atoms with Crippen LogP contribution in [-0.2, 0) is 0 Å². The molecule has 0 amide bonds. The molecule has 0 aliphatic carbocycles. The van der Waals surface area contributed by atoms with E-state index in [1.165, 1.54) is 32.1 Å². The second kappa shape index (κ2) is 16.4. The molecule has 1 nitrogen and oxygen atoms in total. The van der Waals surface area contributed by atoms with Crippen molar-refractivity contribution in [3.8, 4) is 0 Å². The Balaban J connectivity index is 0. The van der Waals surface area contributed by atoms with Gasteiger partial charge in [0.25, 0.3) is 0 Å². The highest BCUT2D eigenvalue weighted by molar-refractivity contribution is 4.64. The average molecular weight is 157 g/mol. The van der Waals surface area contributed by atoms with E-state index in [2.05, 4.69) is 20.4 Å². The largest absolute Gasteiger partial charge is 0.327 e. The van der Waals surface area contributed by atoms with Crippen LogP contribution in [0.2, 0.25) is 0 Å². The number of hydrogen-bond donors (Lipinski definition) is 1. The lowest BCUT2D eigenvalue weighted by Crippen LogP contribution is -1.90. The molecule has 0 rings (SSSR count). The van der Waals surface area contributed by atoms with Crippen LogP contribution in [0, 0.1) is 0 Å². The molecule has 0 heterocycles. The van der Waals surface area contributed by atoms with E-state index in [0.717, 1.165) is 0 Å². The summed E-state index contributed by atoms with van der Waals surface area (Å²) in [7, 11) is 0. The lowest BCUT2D eigenvalue weighted by Gasteiger charge is -1.90.